The summed E-state index contributed by atoms with van der Waals surface area (Å²) in [4.78, 5) is 18.1. The Balaban J connectivity index is 1.42. The molecule has 4 rings (SSSR count). The fraction of sp³-hybridized carbons (Fsp3) is 0.455. The molecule has 0 atom stereocenters. The molecule has 1 aromatic heterocycles. The third-order valence-electron chi connectivity index (χ3n) is 5.60. The van der Waals surface area contributed by atoms with E-state index in [2.05, 4.69) is 21.2 Å². The maximum atomic E-state index is 12.4. The molecule has 1 aliphatic heterocycles. The van der Waals surface area contributed by atoms with Crippen molar-refractivity contribution in [3.8, 4) is 5.75 Å². The van der Waals surface area contributed by atoms with Gasteiger partial charge in [0, 0.05) is 31.1 Å². The minimum atomic E-state index is -0.281. The van der Waals surface area contributed by atoms with Crippen LogP contribution in [0, 0.1) is 0 Å². The number of esters is 1. The Kier molecular flexibility index (Phi) is 6.43. The minimum absolute atomic E-state index is 0.281. The Hall–Kier alpha value is -2.32. The molecule has 2 aliphatic rings. The van der Waals surface area contributed by atoms with Gasteiger partial charge in [-0.25, -0.2) is 4.79 Å². The highest BCUT2D eigenvalue weighted by molar-refractivity contribution is 7.80. The highest BCUT2D eigenvalue weighted by Gasteiger charge is 2.29. The zero-order valence-corrected chi connectivity index (χ0v) is 19.0. The lowest BCUT2D eigenvalue weighted by atomic mass is 10.1. The van der Waals surface area contributed by atoms with E-state index in [0.717, 1.165) is 67.4 Å². The molecule has 1 N–H and O–H groups in total. The predicted molar refractivity (Wildman–Crippen MR) is 125 cm³/mol. The van der Waals surface area contributed by atoms with Gasteiger partial charge in [-0.3, -0.25) is 0 Å². The number of ether oxygens (including phenoxy) is 2. The van der Waals surface area contributed by atoms with E-state index in [1.54, 1.807) is 11.3 Å². The highest BCUT2D eigenvalue weighted by Crippen LogP contribution is 2.39. The van der Waals surface area contributed by atoms with E-state index in [1.165, 1.54) is 12.0 Å². The van der Waals surface area contributed by atoms with Crippen LogP contribution in [-0.2, 0) is 17.6 Å². The van der Waals surface area contributed by atoms with Gasteiger partial charge in [-0.1, -0.05) is 12.1 Å². The zero-order valence-electron chi connectivity index (χ0n) is 17.4. The van der Waals surface area contributed by atoms with Gasteiger partial charge in [-0.15, -0.1) is 11.3 Å². The van der Waals surface area contributed by atoms with Crippen molar-refractivity contribution in [2.24, 2.45) is 0 Å². The van der Waals surface area contributed by atoms with Crippen molar-refractivity contribution in [1.82, 2.24) is 4.90 Å². The number of piperazine rings is 1. The number of aryl methyl sites for hydroxylation is 1. The van der Waals surface area contributed by atoms with Crippen LogP contribution in [0.15, 0.2) is 24.3 Å². The first-order chi connectivity index (χ1) is 14.6. The summed E-state index contributed by atoms with van der Waals surface area (Å²) in [5, 5.41) is 4.83. The van der Waals surface area contributed by atoms with Crippen LogP contribution in [-0.4, -0.2) is 55.9 Å². The number of thiocarbonyl (C=S) groups is 1. The maximum Gasteiger partial charge on any atom is 0.341 e. The summed E-state index contributed by atoms with van der Waals surface area (Å²) in [6.07, 6.45) is 3.06. The van der Waals surface area contributed by atoms with Gasteiger partial charge in [0.05, 0.1) is 25.0 Å². The summed E-state index contributed by atoms with van der Waals surface area (Å²) < 4.78 is 10.8. The third kappa shape index (κ3) is 4.11. The summed E-state index contributed by atoms with van der Waals surface area (Å²) in [6, 6.07) is 8.16. The largest absolute Gasteiger partial charge is 0.492 e. The molecular weight excluding hydrogens is 418 g/mol. The molecule has 1 aliphatic carbocycles. The van der Waals surface area contributed by atoms with Crippen LogP contribution in [0.5, 0.6) is 5.75 Å². The van der Waals surface area contributed by atoms with Crippen molar-refractivity contribution in [1.29, 1.82) is 0 Å². The molecule has 30 heavy (non-hydrogen) atoms. The molecule has 1 fully saturated rings. The van der Waals surface area contributed by atoms with Crippen molar-refractivity contribution < 1.29 is 14.3 Å². The van der Waals surface area contributed by atoms with Gasteiger partial charge in [-0.05, 0) is 56.1 Å². The summed E-state index contributed by atoms with van der Waals surface area (Å²) in [5.41, 5.74) is 2.93. The maximum absolute atomic E-state index is 12.4. The number of carbonyl (C=O) groups is 1. The zero-order chi connectivity index (χ0) is 21.1. The number of anilines is 2. The Labute approximate surface area is 186 Å². The fourth-order valence-electron chi connectivity index (χ4n) is 4.13. The second-order valence-corrected chi connectivity index (χ2v) is 8.85. The average Bonchev–Trinajstić information content (AvgIpc) is 3.35. The smallest absolute Gasteiger partial charge is 0.341 e. The predicted octanol–water partition coefficient (Wildman–Crippen LogP) is 3.94. The van der Waals surface area contributed by atoms with Gasteiger partial charge in [0.2, 0.25) is 0 Å². The summed E-state index contributed by atoms with van der Waals surface area (Å²) in [7, 11) is 1.43. The number of hydrogen-bond acceptors (Lipinski definition) is 6. The van der Waals surface area contributed by atoms with Crippen molar-refractivity contribution in [3.05, 3.63) is 40.3 Å². The Morgan fingerprint density at radius 2 is 1.97 bits per heavy atom. The molecule has 1 aromatic carbocycles. The van der Waals surface area contributed by atoms with E-state index in [9.17, 15) is 4.79 Å². The van der Waals surface area contributed by atoms with Crippen molar-refractivity contribution in [2.75, 3.05) is 50.1 Å². The topological polar surface area (TPSA) is 54.0 Å². The lowest BCUT2D eigenvalue weighted by Gasteiger charge is -2.37. The number of nitrogens with zero attached hydrogens (tertiary/aromatic N) is 2. The van der Waals surface area contributed by atoms with Crippen LogP contribution in [0.2, 0.25) is 0 Å². The first kappa shape index (κ1) is 20.9. The molecule has 1 saturated heterocycles. The third-order valence-corrected chi connectivity index (χ3v) is 7.17. The minimum Gasteiger partial charge on any atom is -0.492 e. The van der Waals surface area contributed by atoms with Gasteiger partial charge >= 0.3 is 5.97 Å². The van der Waals surface area contributed by atoms with E-state index in [4.69, 9.17) is 21.7 Å². The number of carbonyl (C=O) groups excluding carboxylic acids is 1. The number of rotatable bonds is 5. The second-order valence-electron chi connectivity index (χ2n) is 7.36. The number of thiophene rings is 1. The lowest BCUT2D eigenvalue weighted by Crippen LogP contribution is -2.50. The van der Waals surface area contributed by atoms with E-state index in [0.29, 0.717) is 17.3 Å². The summed E-state index contributed by atoms with van der Waals surface area (Å²) >= 11 is 7.33. The lowest BCUT2D eigenvalue weighted by molar-refractivity contribution is 0.0601. The highest BCUT2D eigenvalue weighted by atomic mass is 32.1. The first-order valence-electron chi connectivity index (χ1n) is 10.4. The normalized spacial score (nSPS) is 15.7. The van der Waals surface area contributed by atoms with E-state index < -0.39 is 0 Å². The molecule has 0 amide bonds. The number of fused-ring (bicyclic) bond motifs is 1. The van der Waals surface area contributed by atoms with Gasteiger partial charge in [-0.2, -0.15) is 0 Å². The molecule has 2 aromatic rings. The first-order valence-corrected chi connectivity index (χ1v) is 11.6. The van der Waals surface area contributed by atoms with Gasteiger partial charge < -0.3 is 24.6 Å². The van der Waals surface area contributed by atoms with Crippen LogP contribution in [0.3, 0.4) is 0 Å². The number of methoxy groups -OCH3 is 1. The van der Waals surface area contributed by atoms with Crippen LogP contribution < -0.4 is 15.0 Å². The molecule has 160 valence electrons. The molecular formula is C22H27N3O3S2. The quantitative estimate of drug-likeness (QED) is 0.553. The van der Waals surface area contributed by atoms with E-state index in [1.807, 2.05) is 25.1 Å². The van der Waals surface area contributed by atoms with Gasteiger partial charge in [0.1, 0.15) is 10.8 Å². The standard InChI is InChI=1S/C22H27N3O3S2/c1-3-28-17-9-5-4-8-16(17)24-11-13-25(14-12-24)22(29)23-20-19(21(26)27-2)15-7-6-10-18(15)30-20/h4-5,8-9H,3,6-7,10-14H2,1-2H3,(H,23,29). The van der Waals surface area contributed by atoms with Crippen LogP contribution >= 0.6 is 23.6 Å². The SMILES string of the molecule is CCOc1ccccc1N1CCN(C(=S)Nc2sc3c(c2C(=O)OC)CCC3)CC1. The Morgan fingerprint density at radius 1 is 1.20 bits per heavy atom. The van der Waals surface area contributed by atoms with Crippen molar-refractivity contribution in [3.63, 3.8) is 0 Å². The van der Waals surface area contributed by atoms with Crippen molar-refractivity contribution >= 4 is 45.3 Å². The number of benzene rings is 1. The molecule has 6 nitrogen and oxygen atoms in total. The fourth-order valence-corrected chi connectivity index (χ4v) is 5.76. The van der Waals surface area contributed by atoms with Crippen LogP contribution in [0.4, 0.5) is 10.7 Å². The molecule has 0 spiro atoms. The number of nitrogens with one attached hydrogen (secondary N) is 1. The van der Waals surface area contributed by atoms with E-state index in [-0.39, 0.29) is 5.97 Å². The number of hydrogen-bond donors (Lipinski definition) is 1. The van der Waals surface area contributed by atoms with Crippen molar-refractivity contribution in [2.45, 2.75) is 26.2 Å². The number of para-hydroxylation sites is 2. The molecule has 0 radical (unpaired) electrons. The molecule has 0 bridgehead atoms. The molecule has 8 heteroatoms. The molecule has 0 unspecified atom stereocenters. The van der Waals surface area contributed by atoms with E-state index >= 15 is 0 Å². The monoisotopic (exact) mass is 445 g/mol. The Morgan fingerprint density at radius 3 is 2.70 bits per heavy atom. The molecule has 2 heterocycles. The second kappa shape index (κ2) is 9.22. The van der Waals surface area contributed by atoms with Gasteiger partial charge in [0.25, 0.3) is 0 Å². The average molecular weight is 446 g/mol. The van der Waals surface area contributed by atoms with Gasteiger partial charge in [0.15, 0.2) is 5.11 Å². The Bertz CT molecular complexity index is 936. The summed E-state index contributed by atoms with van der Waals surface area (Å²) in [6.45, 7) is 5.99. The van der Waals surface area contributed by atoms with Crippen LogP contribution in [0.1, 0.15) is 34.1 Å². The summed E-state index contributed by atoms with van der Waals surface area (Å²) in [5.74, 6) is 0.641. The molecule has 0 saturated carbocycles. The van der Waals surface area contributed by atoms with Crippen LogP contribution in [0.25, 0.3) is 0 Å².